The van der Waals surface area contributed by atoms with Crippen molar-refractivity contribution >= 4 is 28.5 Å². The maximum Gasteiger partial charge on any atom is 0.315 e. The Morgan fingerprint density at radius 3 is 2.62 bits per heavy atom. The lowest BCUT2D eigenvalue weighted by atomic mass is 10.1. The lowest BCUT2D eigenvalue weighted by molar-refractivity contribution is 0.236. The Kier molecular flexibility index (Phi) is 7.51. The lowest BCUT2D eigenvalue weighted by Gasteiger charge is -2.18. The van der Waals surface area contributed by atoms with Gasteiger partial charge in [0.15, 0.2) is 0 Å². The number of amides is 2. The summed E-state index contributed by atoms with van der Waals surface area (Å²) in [6.45, 7) is 0.313. The SMILES string of the molecule is COc1cccc(CNC(=O)N[C@@H](Cc2ccccc2)c2nc(-c3ccc4[nH]c(=O)cc(O)c4c3)c(Cl)[nH]2)c1. The van der Waals surface area contributed by atoms with Gasteiger partial charge in [-0.25, -0.2) is 9.78 Å². The highest BCUT2D eigenvalue weighted by molar-refractivity contribution is 6.32. The lowest BCUT2D eigenvalue weighted by Crippen LogP contribution is -2.38. The molecule has 0 fully saturated rings. The van der Waals surface area contributed by atoms with Gasteiger partial charge in [-0.2, -0.15) is 0 Å². The zero-order valence-corrected chi connectivity index (χ0v) is 21.8. The van der Waals surface area contributed by atoms with E-state index in [-0.39, 0.29) is 16.9 Å². The van der Waals surface area contributed by atoms with Crippen LogP contribution in [0.2, 0.25) is 5.15 Å². The number of aromatic amines is 2. The summed E-state index contributed by atoms with van der Waals surface area (Å²) in [5.74, 6) is 1.04. The molecule has 0 unspecified atom stereocenters. The van der Waals surface area contributed by atoms with Crippen LogP contribution in [0, 0.1) is 0 Å². The van der Waals surface area contributed by atoms with Gasteiger partial charge < -0.3 is 30.4 Å². The van der Waals surface area contributed by atoms with E-state index in [0.29, 0.717) is 46.7 Å². The van der Waals surface area contributed by atoms with Crippen LogP contribution in [0.4, 0.5) is 4.79 Å². The molecule has 0 radical (unpaired) electrons. The number of rotatable bonds is 8. The molecule has 198 valence electrons. The molecule has 1 atom stereocenters. The summed E-state index contributed by atoms with van der Waals surface area (Å²) in [4.78, 5) is 35.1. The minimum atomic E-state index is -0.519. The number of ether oxygens (including phenoxy) is 1. The fraction of sp³-hybridized carbons (Fsp3) is 0.138. The van der Waals surface area contributed by atoms with Crippen molar-refractivity contribution < 1.29 is 14.6 Å². The molecule has 0 bridgehead atoms. The van der Waals surface area contributed by atoms with Crippen molar-refractivity contribution in [3.63, 3.8) is 0 Å². The van der Waals surface area contributed by atoms with E-state index in [4.69, 9.17) is 21.3 Å². The largest absolute Gasteiger partial charge is 0.507 e. The Bertz CT molecular complexity index is 1680. The molecule has 2 heterocycles. The van der Waals surface area contributed by atoms with Crippen molar-refractivity contribution in [2.75, 3.05) is 7.11 Å². The van der Waals surface area contributed by atoms with Crippen molar-refractivity contribution in [2.24, 2.45) is 0 Å². The zero-order valence-electron chi connectivity index (χ0n) is 21.0. The van der Waals surface area contributed by atoms with Gasteiger partial charge in [-0.3, -0.25) is 4.79 Å². The molecule has 9 nitrogen and oxygen atoms in total. The number of nitrogens with zero attached hydrogens (tertiary/aromatic N) is 1. The Labute approximate surface area is 228 Å². The number of benzene rings is 3. The highest BCUT2D eigenvalue weighted by atomic mass is 35.5. The number of aromatic hydroxyl groups is 1. The van der Waals surface area contributed by atoms with E-state index < -0.39 is 11.6 Å². The maximum atomic E-state index is 12.9. The first-order valence-electron chi connectivity index (χ1n) is 12.2. The third-order valence-electron chi connectivity index (χ3n) is 6.28. The fourth-order valence-electron chi connectivity index (χ4n) is 4.35. The third-order valence-corrected chi connectivity index (χ3v) is 6.55. The van der Waals surface area contributed by atoms with Crippen LogP contribution < -0.4 is 20.9 Å². The second-order valence-corrected chi connectivity index (χ2v) is 9.36. The second kappa shape index (κ2) is 11.3. The second-order valence-electron chi connectivity index (χ2n) is 8.98. The molecule has 0 aliphatic carbocycles. The van der Waals surface area contributed by atoms with E-state index in [1.165, 1.54) is 0 Å². The molecule has 2 amide bonds. The average Bonchev–Trinajstić information content (AvgIpc) is 3.33. The van der Waals surface area contributed by atoms with Crippen LogP contribution in [-0.2, 0) is 13.0 Å². The molecule has 0 spiro atoms. The highest BCUT2D eigenvalue weighted by Crippen LogP contribution is 2.32. The molecule has 0 aliphatic heterocycles. The summed E-state index contributed by atoms with van der Waals surface area (Å²) in [6, 6.07) is 22.6. The van der Waals surface area contributed by atoms with Crippen LogP contribution in [0.5, 0.6) is 11.5 Å². The summed E-state index contributed by atoms with van der Waals surface area (Å²) in [5, 5.41) is 16.9. The molecule has 5 rings (SSSR count). The smallest absolute Gasteiger partial charge is 0.315 e. The first kappa shape index (κ1) is 25.9. The molecular weight excluding hydrogens is 518 g/mol. The molecule has 0 aliphatic rings. The zero-order chi connectivity index (χ0) is 27.4. The van der Waals surface area contributed by atoms with Crippen LogP contribution >= 0.6 is 11.6 Å². The van der Waals surface area contributed by atoms with Crippen LogP contribution in [0.25, 0.3) is 22.2 Å². The van der Waals surface area contributed by atoms with Gasteiger partial charge in [0, 0.05) is 23.6 Å². The minimum absolute atomic E-state index is 0.140. The Morgan fingerprint density at radius 2 is 1.82 bits per heavy atom. The third kappa shape index (κ3) is 6.05. The molecule has 2 aromatic heterocycles. The van der Waals surface area contributed by atoms with Gasteiger partial charge in [-0.05, 0) is 41.8 Å². The van der Waals surface area contributed by atoms with Crippen molar-refractivity contribution in [1.82, 2.24) is 25.6 Å². The average molecular weight is 544 g/mol. The van der Waals surface area contributed by atoms with E-state index >= 15 is 0 Å². The number of carbonyl (C=O) groups is 1. The van der Waals surface area contributed by atoms with Gasteiger partial charge in [0.25, 0.3) is 5.56 Å². The number of aromatic nitrogens is 3. The van der Waals surface area contributed by atoms with E-state index in [1.807, 2.05) is 54.6 Å². The van der Waals surface area contributed by atoms with E-state index in [1.54, 1.807) is 25.3 Å². The number of halogens is 1. The fourth-order valence-corrected chi connectivity index (χ4v) is 4.60. The summed E-state index contributed by atoms with van der Waals surface area (Å²) in [6.07, 6.45) is 0.469. The monoisotopic (exact) mass is 543 g/mol. The first-order chi connectivity index (χ1) is 18.9. The maximum absolute atomic E-state index is 12.9. The van der Waals surface area contributed by atoms with Gasteiger partial charge in [-0.1, -0.05) is 60.1 Å². The predicted molar refractivity (Wildman–Crippen MR) is 150 cm³/mol. The van der Waals surface area contributed by atoms with Crippen molar-refractivity contribution in [1.29, 1.82) is 0 Å². The van der Waals surface area contributed by atoms with Gasteiger partial charge in [0.2, 0.25) is 0 Å². The van der Waals surface area contributed by atoms with Gasteiger partial charge in [0.05, 0.1) is 18.7 Å². The summed E-state index contributed by atoms with van der Waals surface area (Å²) in [7, 11) is 1.59. The Balaban J connectivity index is 1.41. The number of carbonyl (C=O) groups excluding carboxylic acids is 1. The van der Waals surface area contributed by atoms with Gasteiger partial charge in [-0.15, -0.1) is 0 Å². The first-order valence-corrected chi connectivity index (χ1v) is 12.6. The van der Waals surface area contributed by atoms with Crippen LogP contribution in [0.15, 0.2) is 83.7 Å². The van der Waals surface area contributed by atoms with Crippen molar-refractivity contribution in [3.8, 4) is 22.8 Å². The van der Waals surface area contributed by atoms with E-state index in [9.17, 15) is 14.7 Å². The van der Waals surface area contributed by atoms with Gasteiger partial charge >= 0.3 is 6.03 Å². The number of H-pyrrole nitrogens is 2. The summed E-state index contributed by atoms with van der Waals surface area (Å²) in [5.41, 5.74) is 3.09. The molecule has 10 heteroatoms. The molecule has 3 aromatic carbocycles. The number of imidazole rings is 1. The van der Waals surface area contributed by atoms with Crippen LogP contribution in [-0.4, -0.2) is 33.2 Å². The molecule has 5 N–H and O–H groups in total. The number of hydrogen-bond donors (Lipinski definition) is 5. The number of urea groups is 1. The number of methoxy groups -OCH3 is 1. The predicted octanol–water partition coefficient (Wildman–Crippen LogP) is 5.07. The van der Waals surface area contributed by atoms with Crippen LogP contribution in [0.1, 0.15) is 23.0 Å². The number of nitrogens with one attached hydrogen (secondary N) is 4. The normalized spacial score (nSPS) is 11.7. The Hall–Kier alpha value is -4.76. The molecular formula is C29H26ClN5O4. The molecule has 0 saturated heterocycles. The van der Waals surface area contributed by atoms with Crippen LogP contribution in [0.3, 0.4) is 0 Å². The van der Waals surface area contributed by atoms with E-state index in [2.05, 4.69) is 20.6 Å². The minimum Gasteiger partial charge on any atom is -0.507 e. The number of pyridine rings is 1. The summed E-state index contributed by atoms with van der Waals surface area (Å²) < 4.78 is 5.25. The standard InChI is InChI=1S/C29H26ClN5O4/c1-39-20-9-5-8-18(12-20)16-31-29(38)33-23(13-17-6-3-2-4-7-17)28-34-26(27(30)35-28)19-10-11-22-21(14-19)24(36)15-25(37)32-22/h2-12,14-15,23H,13,16H2,1H3,(H,34,35)(H2,31,33,38)(H2,32,36,37)/t23-/m0/s1. The molecule has 39 heavy (non-hydrogen) atoms. The summed E-state index contributed by atoms with van der Waals surface area (Å²) >= 11 is 6.57. The quantitative estimate of drug-likeness (QED) is 0.186. The number of hydrogen-bond acceptors (Lipinski definition) is 5. The highest BCUT2D eigenvalue weighted by Gasteiger charge is 2.22. The topological polar surface area (TPSA) is 132 Å². The van der Waals surface area contributed by atoms with Crippen molar-refractivity contribution in [2.45, 2.75) is 19.0 Å². The number of fused-ring (bicyclic) bond motifs is 1. The van der Waals surface area contributed by atoms with Crippen molar-refractivity contribution in [3.05, 3.63) is 111 Å². The van der Waals surface area contributed by atoms with E-state index in [0.717, 1.165) is 17.2 Å². The molecule has 0 saturated carbocycles. The van der Waals surface area contributed by atoms with Gasteiger partial charge in [0.1, 0.15) is 28.2 Å². The molecule has 5 aromatic rings. The Morgan fingerprint density at radius 1 is 1.03 bits per heavy atom.